The zero-order valence-electron chi connectivity index (χ0n) is 12.3. The third-order valence-corrected chi connectivity index (χ3v) is 3.26. The Morgan fingerprint density at radius 3 is 2.87 bits per heavy atom. The molecule has 0 saturated carbocycles. The summed E-state index contributed by atoms with van der Waals surface area (Å²) in [5.74, 6) is 0.295. The van der Waals surface area contributed by atoms with Crippen LogP contribution in [0.4, 0.5) is 11.4 Å². The molecule has 0 aliphatic carbocycles. The van der Waals surface area contributed by atoms with Crippen LogP contribution in [0.1, 0.15) is 11.4 Å². The number of nitrogens with zero attached hydrogens (tertiary/aromatic N) is 4. The van der Waals surface area contributed by atoms with Crippen molar-refractivity contribution < 1.29 is 9.72 Å². The molecule has 0 aliphatic heterocycles. The normalized spacial score (nSPS) is 10.7. The molecule has 0 spiro atoms. The summed E-state index contributed by atoms with van der Waals surface area (Å²) in [5, 5.41) is 17.8. The van der Waals surface area contributed by atoms with E-state index in [9.17, 15) is 14.9 Å². The van der Waals surface area contributed by atoms with Crippen LogP contribution in [0.5, 0.6) is 0 Å². The molecule has 8 nitrogen and oxygen atoms in total. The molecule has 0 aliphatic rings. The third-order valence-electron chi connectivity index (χ3n) is 3.26. The number of benzene rings is 1. The molecule has 0 unspecified atom stereocenters. The van der Waals surface area contributed by atoms with Gasteiger partial charge in [-0.05, 0) is 19.1 Å². The molecule has 2 aromatic heterocycles. The van der Waals surface area contributed by atoms with Crippen LogP contribution in [0, 0.1) is 17.0 Å². The summed E-state index contributed by atoms with van der Waals surface area (Å²) in [6.07, 6.45) is 1.57. The Morgan fingerprint density at radius 2 is 2.09 bits per heavy atom. The van der Waals surface area contributed by atoms with Crippen molar-refractivity contribution in [2.75, 3.05) is 5.32 Å². The van der Waals surface area contributed by atoms with E-state index in [1.54, 1.807) is 48.0 Å². The smallest absolute Gasteiger partial charge is 0.273 e. The van der Waals surface area contributed by atoms with Gasteiger partial charge in [-0.3, -0.25) is 14.9 Å². The second-order valence-electron chi connectivity index (χ2n) is 4.99. The number of para-hydroxylation sites is 1. The summed E-state index contributed by atoms with van der Waals surface area (Å²) in [7, 11) is 0. The van der Waals surface area contributed by atoms with Gasteiger partial charge in [-0.25, -0.2) is 9.50 Å². The highest BCUT2D eigenvalue weighted by atomic mass is 16.6. The quantitative estimate of drug-likeness (QED) is 0.587. The summed E-state index contributed by atoms with van der Waals surface area (Å²) in [5.41, 5.74) is 1.53. The van der Waals surface area contributed by atoms with Crippen LogP contribution >= 0.6 is 0 Å². The van der Waals surface area contributed by atoms with Crippen molar-refractivity contribution in [3.05, 3.63) is 64.1 Å². The molecule has 8 heteroatoms. The number of carbonyl (C=O) groups is 1. The van der Waals surface area contributed by atoms with E-state index in [4.69, 9.17) is 0 Å². The lowest BCUT2D eigenvalue weighted by Gasteiger charge is -2.06. The Bertz CT molecular complexity index is 903. The van der Waals surface area contributed by atoms with Crippen LogP contribution in [-0.2, 0) is 11.2 Å². The van der Waals surface area contributed by atoms with Crippen molar-refractivity contribution >= 4 is 22.9 Å². The van der Waals surface area contributed by atoms with Gasteiger partial charge in [0.15, 0.2) is 5.65 Å². The Kier molecular flexibility index (Phi) is 3.71. The van der Waals surface area contributed by atoms with Gasteiger partial charge in [0.05, 0.1) is 23.2 Å². The zero-order valence-corrected chi connectivity index (χ0v) is 12.3. The largest absolute Gasteiger partial charge is 0.324 e. The minimum atomic E-state index is -0.493. The second kappa shape index (κ2) is 5.84. The topological polar surface area (TPSA) is 102 Å². The molecule has 2 heterocycles. The molecule has 1 amide bonds. The molecule has 0 bridgehead atoms. The Morgan fingerprint density at radius 1 is 1.30 bits per heavy atom. The second-order valence-corrected chi connectivity index (χ2v) is 4.99. The summed E-state index contributed by atoms with van der Waals surface area (Å²) in [4.78, 5) is 26.8. The van der Waals surface area contributed by atoms with Gasteiger partial charge < -0.3 is 5.32 Å². The van der Waals surface area contributed by atoms with Gasteiger partial charge in [0.25, 0.3) is 5.69 Å². The molecule has 0 fully saturated rings. The maximum Gasteiger partial charge on any atom is 0.273 e. The number of fused-ring (bicyclic) bond motifs is 1. The highest BCUT2D eigenvalue weighted by Crippen LogP contribution is 2.19. The van der Waals surface area contributed by atoms with Crippen molar-refractivity contribution in [1.29, 1.82) is 0 Å². The average molecular weight is 311 g/mol. The van der Waals surface area contributed by atoms with Crippen molar-refractivity contribution in [2.24, 2.45) is 0 Å². The molecular formula is C15H13N5O3. The number of amides is 1. The first-order valence-corrected chi connectivity index (χ1v) is 6.88. The first-order chi connectivity index (χ1) is 11.0. The summed E-state index contributed by atoms with van der Waals surface area (Å²) in [6.45, 7) is 1.78. The SMILES string of the molecule is Cc1nc2ccc(NC(=O)Cc3ccccc3[N+](=O)[O-])cn2n1. The number of aryl methyl sites for hydroxylation is 1. The lowest BCUT2D eigenvalue weighted by Crippen LogP contribution is -2.15. The minimum Gasteiger partial charge on any atom is -0.324 e. The number of rotatable bonds is 4. The number of hydrogen-bond donors (Lipinski definition) is 1. The number of nitro benzene ring substituents is 1. The van der Waals surface area contributed by atoms with Crippen molar-refractivity contribution in [1.82, 2.24) is 14.6 Å². The van der Waals surface area contributed by atoms with Crippen molar-refractivity contribution in [2.45, 2.75) is 13.3 Å². The first kappa shape index (κ1) is 14.6. The van der Waals surface area contributed by atoms with E-state index >= 15 is 0 Å². The van der Waals surface area contributed by atoms with Crippen LogP contribution in [0.2, 0.25) is 0 Å². The van der Waals surface area contributed by atoms with E-state index in [1.807, 2.05) is 0 Å². The number of nitro groups is 1. The third kappa shape index (κ3) is 3.15. The van der Waals surface area contributed by atoms with Crippen LogP contribution in [0.15, 0.2) is 42.6 Å². The lowest BCUT2D eigenvalue weighted by atomic mass is 10.1. The highest BCUT2D eigenvalue weighted by Gasteiger charge is 2.15. The molecule has 0 radical (unpaired) electrons. The van der Waals surface area contributed by atoms with Gasteiger partial charge in [-0.2, -0.15) is 5.10 Å². The predicted octanol–water partition coefficient (Wildman–Crippen LogP) is 2.13. The van der Waals surface area contributed by atoms with Crippen LogP contribution in [-0.4, -0.2) is 25.4 Å². The van der Waals surface area contributed by atoms with Gasteiger partial charge >= 0.3 is 0 Å². The van der Waals surface area contributed by atoms with Gasteiger partial charge in [0.1, 0.15) is 5.82 Å². The van der Waals surface area contributed by atoms with Crippen LogP contribution in [0.3, 0.4) is 0 Å². The van der Waals surface area contributed by atoms with E-state index in [0.29, 0.717) is 22.7 Å². The Balaban J connectivity index is 1.77. The van der Waals surface area contributed by atoms with Gasteiger partial charge in [-0.15, -0.1) is 0 Å². The molecule has 3 aromatic rings. The fraction of sp³-hybridized carbons (Fsp3) is 0.133. The first-order valence-electron chi connectivity index (χ1n) is 6.88. The van der Waals surface area contributed by atoms with E-state index in [2.05, 4.69) is 15.4 Å². The number of carbonyl (C=O) groups excluding carboxylic acids is 1. The minimum absolute atomic E-state index is 0.0648. The van der Waals surface area contributed by atoms with E-state index in [1.165, 1.54) is 6.07 Å². The number of pyridine rings is 1. The van der Waals surface area contributed by atoms with Crippen LogP contribution < -0.4 is 5.32 Å². The predicted molar refractivity (Wildman–Crippen MR) is 83.2 cm³/mol. The number of anilines is 1. The fourth-order valence-corrected chi connectivity index (χ4v) is 2.28. The highest BCUT2D eigenvalue weighted by molar-refractivity contribution is 5.92. The zero-order chi connectivity index (χ0) is 16.4. The molecule has 23 heavy (non-hydrogen) atoms. The average Bonchev–Trinajstić information content (AvgIpc) is 2.86. The Labute approximate surface area is 130 Å². The van der Waals surface area contributed by atoms with Gasteiger partial charge in [0, 0.05) is 11.6 Å². The number of aromatic nitrogens is 3. The van der Waals surface area contributed by atoms with Gasteiger partial charge in [-0.1, -0.05) is 18.2 Å². The standard InChI is InChI=1S/C15H13N5O3/c1-10-16-14-7-6-12(9-19(14)18-10)17-15(21)8-11-4-2-3-5-13(11)20(22)23/h2-7,9H,8H2,1H3,(H,17,21). The monoisotopic (exact) mass is 311 g/mol. The lowest BCUT2D eigenvalue weighted by molar-refractivity contribution is -0.385. The van der Waals surface area contributed by atoms with Crippen LogP contribution in [0.25, 0.3) is 5.65 Å². The van der Waals surface area contributed by atoms with Crippen molar-refractivity contribution in [3.63, 3.8) is 0 Å². The molecule has 1 N–H and O–H groups in total. The van der Waals surface area contributed by atoms with E-state index < -0.39 is 4.92 Å². The molecule has 116 valence electrons. The molecule has 0 saturated heterocycles. The maximum absolute atomic E-state index is 12.1. The van der Waals surface area contributed by atoms with Crippen molar-refractivity contribution in [3.8, 4) is 0 Å². The fourth-order valence-electron chi connectivity index (χ4n) is 2.28. The number of hydrogen-bond acceptors (Lipinski definition) is 5. The maximum atomic E-state index is 12.1. The molecular weight excluding hydrogens is 298 g/mol. The molecule has 1 aromatic carbocycles. The van der Waals surface area contributed by atoms with E-state index in [-0.39, 0.29) is 18.0 Å². The molecule has 0 atom stereocenters. The number of nitrogens with one attached hydrogen (secondary N) is 1. The summed E-state index contributed by atoms with van der Waals surface area (Å²) < 4.78 is 1.57. The summed E-state index contributed by atoms with van der Waals surface area (Å²) in [6, 6.07) is 9.64. The van der Waals surface area contributed by atoms with E-state index in [0.717, 1.165) is 0 Å². The summed E-state index contributed by atoms with van der Waals surface area (Å²) >= 11 is 0. The Hall–Kier alpha value is -3.29. The molecule has 3 rings (SSSR count). The van der Waals surface area contributed by atoms with Gasteiger partial charge in [0.2, 0.25) is 5.91 Å².